The van der Waals surface area contributed by atoms with Crippen molar-refractivity contribution < 1.29 is 24.2 Å². The molecule has 0 unspecified atom stereocenters. The summed E-state index contributed by atoms with van der Waals surface area (Å²) in [6.07, 6.45) is 0.753. The van der Waals surface area contributed by atoms with E-state index in [0.717, 1.165) is 6.42 Å². The van der Waals surface area contributed by atoms with Crippen LogP contribution in [0.2, 0.25) is 0 Å². The van der Waals surface area contributed by atoms with Gasteiger partial charge in [0.15, 0.2) is 5.78 Å². The first-order valence-electron chi connectivity index (χ1n) is 7.71. The zero-order valence-electron chi connectivity index (χ0n) is 13.7. The van der Waals surface area contributed by atoms with Crippen molar-refractivity contribution in [2.75, 3.05) is 6.61 Å². The molecule has 0 fully saturated rings. The van der Waals surface area contributed by atoms with Crippen molar-refractivity contribution in [3.63, 3.8) is 0 Å². The van der Waals surface area contributed by atoms with Crippen LogP contribution in [0.4, 0.5) is 0 Å². The van der Waals surface area contributed by atoms with Gasteiger partial charge >= 0.3 is 5.97 Å². The van der Waals surface area contributed by atoms with Crippen molar-refractivity contribution >= 4 is 11.8 Å². The van der Waals surface area contributed by atoms with Gasteiger partial charge in [0.25, 0.3) is 0 Å². The highest BCUT2D eigenvalue weighted by Gasteiger charge is 2.30. The molecule has 124 valence electrons. The van der Waals surface area contributed by atoms with E-state index < -0.39 is 0 Å². The van der Waals surface area contributed by atoms with E-state index in [9.17, 15) is 14.7 Å². The highest BCUT2D eigenvalue weighted by atomic mass is 16.5. The standard InChI is InChI=1S/C18H22O5/c1-5-10(2)18(21)22-9-11(3)16-8-14-15(23-16)7-6-13(12(4)19)17(14)20/h6-7,10,16,20H,3,5,8-9H2,1-2,4H3/t10-,16+/m1/s1. The van der Waals surface area contributed by atoms with Gasteiger partial charge in [-0.3, -0.25) is 9.59 Å². The van der Waals surface area contributed by atoms with E-state index in [4.69, 9.17) is 9.47 Å². The van der Waals surface area contributed by atoms with E-state index in [1.54, 1.807) is 12.1 Å². The summed E-state index contributed by atoms with van der Waals surface area (Å²) in [4.78, 5) is 23.2. The van der Waals surface area contributed by atoms with Crippen molar-refractivity contribution in [2.45, 2.75) is 39.7 Å². The van der Waals surface area contributed by atoms with Crippen LogP contribution in [-0.2, 0) is 16.0 Å². The van der Waals surface area contributed by atoms with Gasteiger partial charge in [-0.2, -0.15) is 0 Å². The molecule has 1 heterocycles. The highest BCUT2D eigenvalue weighted by Crippen LogP contribution is 2.39. The Labute approximate surface area is 135 Å². The molecular weight excluding hydrogens is 296 g/mol. The average Bonchev–Trinajstić information content (AvgIpc) is 2.96. The first-order chi connectivity index (χ1) is 10.8. The topological polar surface area (TPSA) is 72.8 Å². The second-order valence-electron chi connectivity index (χ2n) is 5.88. The minimum atomic E-state index is -0.372. The van der Waals surface area contributed by atoms with Gasteiger partial charge in [0.05, 0.1) is 11.5 Å². The number of benzene rings is 1. The van der Waals surface area contributed by atoms with E-state index in [1.807, 2.05) is 13.8 Å². The van der Waals surface area contributed by atoms with Crippen molar-refractivity contribution in [1.82, 2.24) is 0 Å². The summed E-state index contributed by atoms with van der Waals surface area (Å²) in [7, 11) is 0. The largest absolute Gasteiger partial charge is 0.507 e. The zero-order valence-corrected chi connectivity index (χ0v) is 13.7. The van der Waals surface area contributed by atoms with Crippen molar-refractivity contribution in [1.29, 1.82) is 0 Å². The molecule has 5 nitrogen and oxygen atoms in total. The molecule has 0 saturated heterocycles. The summed E-state index contributed by atoms with van der Waals surface area (Å²) >= 11 is 0. The lowest BCUT2D eigenvalue weighted by atomic mass is 10.0. The molecule has 1 aromatic carbocycles. The van der Waals surface area contributed by atoms with E-state index >= 15 is 0 Å². The highest BCUT2D eigenvalue weighted by molar-refractivity contribution is 5.97. The number of phenols is 1. The number of rotatable bonds is 6. The third-order valence-corrected chi connectivity index (χ3v) is 4.15. The van der Waals surface area contributed by atoms with Gasteiger partial charge in [0.1, 0.15) is 24.2 Å². The molecule has 1 N–H and O–H groups in total. The molecule has 0 bridgehead atoms. The van der Waals surface area contributed by atoms with E-state index in [1.165, 1.54) is 6.92 Å². The summed E-state index contributed by atoms with van der Waals surface area (Å²) in [5, 5.41) is 10.2. The van der Waals surface area contributed by atoms with Crippen LogP contribution in [0.15, 0.2) is 24.3 Å². The number of carbonyl (C=O) groups excluding carboxylic acids is 2. The van der Waals surface area contributed by atoms with Crippen molar-refractivity contribution in [3.05, 3.63) is 35.4 Å². The lowest BCUT2D eigenvalue weighted by Gasteiger charge is -2.15. The number of ketones is 1. The fourth-order valence-corrected chi connectivity index (χ4v) is 2.38. The summed E-state index contributed by atoms with van der Waals surface area (Å²) in [5.41, 5.74) is 1.50. The van der Waals surface area contributed by atoms with Crippen LogP contribution in [0.25, 0.3) is 0 Å². The van der Waals surface area contributed by atoms with E-state index in [2.05, 4.69) is 6.58 Å². The molecule has 0 spiro atoms. The maximum atomic E-state index is 11.7. The molecule has 0 aliphatic carbocycles. The van der Waals surface area contributed by atoms with E-state index in [-0.39, 0.29) is 41.7 Å². The normalized spacial score (nSPS) is 17.1. The lowest BCUT2D eigenvalue weighted by molar-refractivity contribution is -0.147. The molecular formula is C18H22O5. The lowest BCUT2D eigenvalue weighted by Crippen LogP contribution is -2.22. The molecule has 5 heteroatoms. The Balaban J connectivity index is 2.02. The Kier molecular flexibility index (Phi) is 5.08. The van der Waals surface area contributed by atoms with Gasteiger partial charge in [-0.1, -0.05) is 20.4 Å². The van der Waals surface area contributed by atoms with Gasteiger partial charge in [-0.15, -0.1) is 0 Å². The van der Waals surface area contributed by atoms with Gasteiger partial charge in [0, 0.05) is 17.6 Å². The van der Waals surface area contributed by atoms with Crippen LogP contribution in [0.1, 0.15) is 43.1 Å². The monoisotopic (exact) mass is 318 g/mol. The summed E-state index contributed by atoms with van der Waals surface area (Å²) in [6.45, 7) is 9.14. The maximum Gasteiger partial charge on any atom is 0.308 e. The molecule has 0 amide bonds. The Morgan fingerprint density at radius 3 is 2.78 bits per heavy atom. The second-order valence-corrected chi connectivity index (χ2v) is 5.88. The smallest absolute Gasteiger partial charge is 0.308 e. The molecule has 23 heavy (non-hydrogen) atoms. The fourth-order valence-electron chi connectivity index (χ4n) is 2.38. The SMILES string of the molecule is C=C(COC(=O)[C@H](C)CC)[C@@H]1Cc2c(ccc(C(C)=O)c2O)O1. The quantitative estimate of drug-likeness (QED) is 0.496. The van der Waals surface area contributed by atoms with Crippen molar-refractivity contribution in [2.24, 2.45) is 5.92 Å². The Bertz CT molecular complexity index is 647. The van der Waals surface area contributed by atoms with Crippen LogP contribution >= 0.6 is 0 Å². The number of hydrogen-bond acceptors (Lipinski definition) is 5. The minimum Gasteiger partial charge on any atom is -0.507 e. The van der Waals surface area contributed by atoms with Gasteiger partial charge in [-0.05, 0) is 25.5 Å². The van der Waals surface area contributed by atoms with Crippen molar-refractivity contribution in [3.8, 4) is 11.5 Å². The van der Waals surface area contributed by atoms with Crippen LogP contribution in [0.3, 0.4) is 0 Å². The number of esters is 1. The minimum absolute atomic E-state index is 0.0399. The van der Waals surface area contributed by atoms with Crippen LogP contribution in [0, 0.1) is 5.92 Å². The number of fused-ring (bicyclic) bond motifs is 1. The van der Waals surface area contributed by atoms with Gasteiger partial charge < -0.3 is 14.6 Å². The summed E-state index contributed by atoms with van der Waals surface area (Å²) in [6, 6.07) is 3.22. The Morgan fingerprint density at radius 2 is 2.17 bits per heavy atom. The number of aromatic hydroxyl groups is 1. The summed E-state index contributed by atoms with van der Waals surface area (Å²) in [5.74, 6) is -0.110. The number of phenolic OH excluding ortho intramolecular Hbond substituents is 1. The Hall–Kier alpha value is -2.30. The van der Waals surface area contributed by atoms with Crippen LogP contribution in [-0.4, -0.2) is 29.6 Å². The van der Waals surface area contributed by atoms with Crippen LogP contribution < -0.4 is 4.74 Å². The molecule has 0 saturated carbocycles. The first-order valence-corrected chi connectivity index (χ1v) is 7.71. The Morgan fingerprint density at radius 1 is 1.48 bits per heavy atom. The number of hydrogen-bond donors (Lipinski definition) is 1. The number of carbonyl (C=O) groups is 2. The van der Waals surface area contributed by atoms with Gasteiger partial charge in [0.2, 0.25) is 0 Å². The van der Waals surface area contributed by atoms with Gasteiger partial charge in [-0.25, -0.2) is 0 Å². The molecule has 2 atom stereocenters. The molecule has 0 radical (unpaired) electrons. The third-order valence-electron chi connectivity index (χ3n) is 4.15. The second kappa shape index (κ2) is 6.86. The predicted molar refractivity (Wildman–Crippen MR) is 85.8 cm³/mol. The molecule has 1 aliphatic rings. The first kappa shape index (κ1) is 17.1. The predicted octanol–water partition coefficient (Wildman–Crippen LogP) is 3.04. The number of ether oxygens (including phenoxy) is 2. The maximum absolute atomic E-state index is 11.7. The average molecular weight is 318 g/mol. The third kappa shape index (κ3) is 3.55. The fraction of sp³-hybridized carbons (Fsp3) is 0.444. The van der Waals surface area contributed by atoms with E-state index in [0.29, 0.717) is 23.3 Å². The van der Waals surface area contributed by atoms with Crippen LogP contribution in [0.5, 0.6) is 11.5 Å². The molecule has 1 aromatic rings. The molecule has 0 aromatic heterocycles. The molecule has 1 aliphatic heterocycles. The molecule has 2 rings (SSSR count). The zero-order chi connectivity index (χ0) is 17.1. The summed E-state index contributed by atoms with van der Waals surface area (Å²) < 4.78 is 11.0. The number of Topliss-reactive ketones (excluding diaryl/α,β-unsaturated/α-hetero) is 1.